The summed E-state index contributed by atoms with van der Waals surface area (Å²) in [6.07, 6.45) is 17.8. The third kappa shape index (κ3) is 64.6. The maximum Gasteiger partial charge on any atom is 0.331 e. The quantitative estimate of drug-likeness (QED) is 0.0115. The molecule has 2 aliphatic heterocycles. The number of ketones is 3. The first-order chi connectivity index (χ1) is 40.5. The molecule has 1 amide bonds. The molecule has 2 heterocycles. The minimum Gasteiger partial charge on any atom is -0.478 e. The summed E-state index contributed by atoms with van der Waals surface area (Å²) in [4.78, 5) is 87.7. The number of thiol groups is 2. The lowest BCUT2D eigenvalue weighted by atomic mass is 9.83. The van der Waals surface area contributed by atoms with Gasteiger partial charge >= 0.3 is 23.9 Å². The molecule has 14 nitrogen and oxygen atoms in total. The first kappa shape index (κ1) is 96.6. The van der Waals surface area contributed by atoms with Crippen LogP contribution in [0.25, 0.3) is 0 Å². The van der Waals surface area contributed by atoms with Gasteiger partial charge in [-0.25, -0.2) is 9.59 Å². The van der Waals surface area contributed by atoms with E-state index in [4.69, 9.17) is 25.1 Å². The van der Waals surface area contributed by atoms with E-state index in [2.05, 4.69) is 92.5 Å². The molecule has 0 bridgehead atoms. The number of nitrogens with one attached hydrogen (secondary N) is 1. The van der Waals surface area contributed by atoms with Gasteiger partial charge in [-0.3, -0.25) is 24.0 Å². The average Bonchev–Trinajstić information content (AvgIpc) is 2.90. The van der Waals surface area contributed by atoms with Crippen LogP contribution in [0.2, 0.25) is 0 Å². The van der Waals surface area contributed by atoms with Gasteiger partial charge in [0.1, 0.15) is 34.2 Å². The Morgan fingerprint density at radius 3 is 1.28 bits per heavy atom. The molecule has 2 aliphatic rings. The van der Waals surface area contributed by atoms with Crippen molar-refractivity contribution < 1.29 is 57.7 Å². The van der Waals surface area contributed by atoms with Gasteiger partial charge in [-0.1, -0.05) is 159 Å². The largest absolute Gasteiger partial charge is 0.478 e. The van der Waals surface area contributed by atoms with Gasteiger partial charge < -0.3 is 35.2 Å². The molecule has 0 aromatic carbocycles. The van der Waals surface area contributed by atoms with Gasteiger partial charge in [0.15, 0.2) is 0 Å². The van der Waals surface area contributed by atoms with Crippen molar-refractivity contribution in [3.8, 4) is 0 Å². The van der Waals surface area contributed by atoms with Crippen LogP contribution in [-0.4, -0.2) is 114 Å². The van der Waals surface area contributed by atoms with Gasteiger partial charge in [0.05, 0.1) is 6.04 Å². The molecule has 20 heteroatoms. The van der Waals surface area contributed by atoms with Gasteiger partial charge in [0.2, 0.25) is 5.91 Å². The van der Waals surface area contributed by atoms with E-state index in [1.165, 1.54) is 63.4 Å². The Morgan fingerprint density at radius 1 is 0.578 bits per heavy atom. The van der Waals surface area contributed by atoms with Crippen LogP contribution in [0.4, 0.5) is 0 Å². The predicted octanol–water partition coefficient (Wildman–Crippen LogP) is 18.5. The summed E-state index contributed by atoms with van der Waals surface area (Å²) >= 11 is 8.25. The van der Waals surface area contributed by atoms with Crippen LogP contribution < -0.4 is 11.1 Å². The lowest BCUT2D eigenvalue weighted by molar-refractivity contribution is -0.156. The summed E-state index contributed by atoms with van der Waals surface area (Å²) < 4.78 is 16.1. The van der Waals surface area contributed by atoms with E-state index in [1.807, 2.05) is 133 Å². The smallest absolute Gasteiger partial charge is 0.331 e. The van der Waals surface area contributed by atoms with Crippen LogP contribution in [0.1, 0.15) is 283 Å². The number of carbonyl (C=O) groups is 8. The van der Waals surface area contributed by atoms with Crippen LogP contribution in [0.5, 0.6) is 0 Å². The molecule has 2 rings (SSSR count). The maximum atomic E-state index is 11.7. The number of esters is 3. The minimum atomic E-state index is -1.17. The maximum absolute atomic E-state index is 11.7. The molecule has 0 saturated carbocycles. The van der Waals surface area contributed by atoms with Crippen LogP contribution in [0.3, 0.4) is 0 Å². The molecule has 4 N–H and O–H groups in total. The Balaban J connectivity index is -0.000000315. The Labute approximate surface area is 576 Å². The van der Waals surface area contributed by atoms with Gasteiger partial charge in [0, 0.05) is 88.3 Å². The first-order valence-electron chi connectivity index (χ1n) is 32.1. The van der Waals surface area contributed by atoms with Crippen molar-refractivity contribution in [3.63, 3.8) is 0 Å². The number of amides is 1. The van der Waals surface area contributed by atoms with E-state index in [9.17, 15) is 38.4 Å². The summed E-state index contributed by atoms with van der Waals surface area (Å²) in [5, 5.41) is 11.0. The number of rotatable bonds is 24. The topological polar surface area (TPSA) is 223 Å². The summed E-state index contributed by atoms with van der Waals surface area (Å²) in [7, 11) is 8.03. The Kier molecular flexibility index (Phi) is 51.2. The highest BCUT2D eigenvalue weighted by molar-refractivity contribution is 8.78. The van der Waals surface area contributed by atoms with E-state index < -0.39 is 17.5 Å². The number of hydrogen-bond acceptors (Lipinski definition) is 18. The van der Waals surface area contributed by atoms with Crippen molar-refractivity contribution in [3.05, 3.63) is 24.3 Å². The molecule has 530 valence electrons. The van der Waals surface area contributed by atoms with Crippen molar-refractivity contribution in [1.29, 1.82) is 0 Å². The number of unbranched alkanes of at least 4 members (excludes halogenated alkanes) is 3. The number of ether oxygens (including phenoxy) is 3. The number of carboxylic acids is 1. The monoisotopic (exact) mass is 1380 g/mol. The summed E-state index contributed by atoms with van der Waals surface area (Å²) in [5.74, 6) is 2.84. The minimum absolute atomic E-state index is 0.00977. The summed E-state index contributed by atoms with van der Waals surface area (Å²) in [6.45, 7) is 55.6. The fourth-order valence-electron chi connectivity index (χ4n) is 7.60. The molecule has 0 aromatic heterocycles. The van der Waals surface area contributed by atoms with Crippen molar-refractivity contribution in [1.82, 2.24) is 5.32 Å². The molecule has 0 aliphatic carbocycles. The van der Waals surface area contributed by atoms with Crippen molar-refractivity contribution in [2.45, 2.75) is 315 Å². The SMILES string of the molecule is C=C([C@H](CS)NC(C)=O)C(C)(C)C.CC(=O)CCCCC(C)(C)C.CC(C)(C)C(=O)CCCC[C@]1(C)CCSS1.CC(C)(C)OC(=O)/C=C/C(=O)O.CC(C)(C)OC(=O)CCCC[C@]1(C)CCSS1.CC(C)(C)OC(=O)CCCN.C[C@@H](CS)C(=O)C(C)(C)C. The molecule has 2 saturated heterocycles. The second-order valence-corrected chi connectivity index (χ2v) is 37.7. The zero-order chi connectivity index (χ0) is 71.8. The zero-order valence-electron chi connectivity index (χ0n) is 61.4. The standard InChI is InChI=1S/C13H24O2S2.C13H24OS2.C10H19NOS.C10H20O.C8H17NO2.C8H12O4.C8H16OS/c1-12(2,3)15-11(14)7-5-6-8-13(4)9-10-16-17-13;1-12(2,3)11(14)7-5-6-8-13(4)9-10-15-16-13;1-7(10(3,4)5)9(6-13)11-8(2)12;1-9(11)7-5-6-8-10(2,3)4;1-8(2,3)11-7(10)5-4-6-9;1-8(2,3)12-7(11)5-4-6(9)10;1-6(5-10)7(9)8(2,3)4/h5-10H2,1-4H3;5-10H2,1-4H3;9,13H,1,6H2,2-5H3,(H,11,12);5-8H2,1-4H3;4-6,9H2,1-3H3;4-5H,1-3H3,(H,9,10);6,10H,5H2,1-4H3/b;;;;;5-4+;/t2*13-;9-;;;;6-/m110...0/s1. The molecule has 0 radical (unpaired) electrons. The second kappa shape index (κ2) is 47.7. The predicted molar refractivity (Wildman–Crippen MR) is 396 cm³/mol. The average molecular weight is 1390 g/mol. The molecule has 0 unspecified atom stereocenters. The normalized spacial score (nSPS) is 17.3. The number of hydrogen-bond donors (Lipinski definition) is 5. The molecule has 2 fully saturated rings. The lowest BCUT2D eigenvalue weighted by Crippen LogP contribution is -2.39. The van der Waals surface area contributed by atoms with E-state index in [-0.39, 0.29) is 57.3 Å². The fourth-order valence-corrected chi connectivity index (χ4v) is 14.7. The zero-order valence-corrected chi connectivity index (χ0v) is 66.5. The highest BCUT2D eigenvalue weighted by Gasteiger charge is 2.32. The van der Waals surface area contributed by atoms with Crippen LogP contribution >= 0.6 is 68.4 Å². The molecule has 90 heavy (non-hydrogen) atoms. The van der Waals surface area contributed by atoms with E-state index >= 15 is 0 Å². The molecular formula is C70H132N2O12S6. The third-order valence-corrected chi connectivity index (χ3v) is 20.4. The number of nitrogens with two attached hydrogens (primary N) is 1. The Morgan fingerprint density at radius 2 is 0.989 bits per heavy atom. The van der Waals surface area contributed by atoms with E-state index in [0.29, 0.717) is 69.6 Å². The van der Waals surface area contributed by atoms with E-state index in [0.717, 1.165) is 56.3 Å². The molecule has 0 spiro atoms. The summed E-state index contributed by atoms with van der Waals surface area (Å²) in [6, 6.07) is -0.0270. The highest BCUT2D eigenvalue weighted by Crippen LogP contribution is 2.50. The van der Waals surface area contributed by atoms with Gasteiger partial charge in [0.25, 0.3) is 0 Å². The Hall–Kier alpha value is -2.10. The first-order valence-corrected chi connectivity index (χ1v) is 38.0. The summed E-state index contributed by atoms with van der Waals surface area (Å²) in [5.41, 5.74) is 5.03. The molecule has 0 aromatic rings. The van der Waals surface area contributed by atoms with Crippen LogP contribution in [0, 0.1) is 27.6 Å². The third-order valence-electron chi connectivity index (χ3n) is 12.8. The van der Waals surface area contributed by atoms with Gasteiger partial charge in [-0.2, -0.15) is 25.3 Å². The molecular weight excluding hydrogens is 1250 g/mol. The Bertz CT molecular complexity index is 2110. The van der Waals surface area contributed by atoms with Crippen LogP contribution in [-0.2, 0) is 52.6 Å². The van der Waals surface area contributed by atoms with E-state index in [1.54, 1.807) is 27.7 Å². The second-order valence-electron chi connectivity index (χ2n) is 30.9. The fraction of sp³-hybridized carbons (Fsp3) is 0.829. The number of carboxylic acid groups (broad SMARTS) is 1. The number of aliphatic carboxylic acids is 1. The molecule has 4 atom stereocenters. The van der Waals surface area contributed by atoms with Crippen molar-refractivity contribution in [2.75, 3.05) is 29.6 Å². The number of Topliss-reactive ketones (excluding diaryl/α,β-unsaturated/α-hetero) is 3. The van der Waals surface area contributed by atoms with Crippen LogP contribution in [0.15, 0.2) is 24.3 Å². The lowest BCUT2D eigenvalue weighted by Gasteiger charge is -2.28. The number of carbonyl (C=O) groups excluding carboxylic acids is 7. The highest BCUT2D eigenvalue weighted by atomic mass is 33.1. The van der Waals surface area contributed by atoms with Crippen molar-refractivity contribution in [2.24, 2.45) is 33.3 Å². The van der Waals surface area contributed by atoms with Gasteiger partial charge in [-0.05, 0) is 170 Å². The van der Waals surface area contributed by atoms with Crippen molar-refractivity contribution >= 4 is 116 Å². The van der Waals surface area contributed by atoms with Gasteiger partial charge in [-0.15, -0.1) is 0 Å².